The average Bonchev–Trinajstić information content (AvgIpc) is 0.748. The molecule has 0 fully saturated rings. The molecule has 0 spiro atoms. The normalized spacial score (nSPS) is 11.6. The quantitative estimate of drug-likeness (QED) is 0.0360. The van der Waals surface area contributed by atoms with Crippen LogP contribution in [-0.4, -0.2) is 54.1 Å². The molecule has 36 heteroatoms. The lowest BCUT2D eigenvalue weighted by Gasteiger charge is -2.06. The summed E-state index contributed by atoms with van der Waals surface area (Å²) in [7, 11) is -19.2. The van der Waals surface area contributed by atoms with Gasteiger partial charge in [-0.2, -0.15) is 0 Å². The number of fused-ring (bicyclic) bond motifs is 5. The number of sulfone groups is 5. The fraction of sp³-hybridized carbons (Fsp3) is 0.0132. The molecule has 5 aromatic heterocycles. The molecule has 0 saturated carbocycles. The van der Waals surface area contributed by atoms with Gasteiger partial charge >= 0.3 is 28.1 Å². The van der Waals surface area contributed by atoms with Crippen LogP contribution < -0.4 is 32.9 Å². The highest BCUT2D eigenvalue weighted by Gasteiger charge is 2.30. The maximum atomic E-state index is 13.7. The fourth-order valence-electron chi connectivity index (χ4n) is 10.3. The Morgan fingerprint density at radius 3 is 1.10 bits per heavy atom. The van der Waals surface area contributed by atoms with E-state index in [2.05, 4.69) is 0 Å². The van der Waals surface area contributed by atoms with Crippen molar-refractivity contribution in [2.75, 3.05) is 7.11 Å². The Bertz CT molecular complexity index is 7050. The molecule has 0 amide bonds. The van der Waals surface area contributed by atoms with Crippen LogP contribution in [0.5, 0.6) is 5.75 Å². The van der Waals surface area contributed by atoms with Gasteiger partial charge in [-0.15, -0.1) is 0 Å². The second-order valence-corrected chi connectivity index (χ2v) is 33.9. The summed E-state index contributed by atoms with van der Waals surface area (Å²) in [6.07, 6.45) is 0. The van der Waals surface area contributed by atoms with Gasteiger partial charge in [-0.25, -0.2) is 83.6 Å². The van der Waals surface area contributed by atoms with Crippen molar-refractivity contribution < 1.29 is 91.4 Å². The lowest BCUT2D eigenvalue weighted by atomic mass is 10.2. The number of halogens is 7. The highest BCUT2D eigenvalue weighted by molar-refractivity contribution is 7.92. The molecule has 0 aliphatic rings. The Morgan fingerprint density at radius 1 is 0.312 bits per heavy atom. The first-order valence-corrected chi connectivity index (χ1v) is 39.9. The van der Waals surface area contributed by atoms with Gasteiger partial charge in [-0.05, 0) is 200 Å². The zero-order chi connectivity index (χ0) is 80.9. The van der Waals surface area contributed by atoms with Crippen LogP contribution in [0.25, 0.3) is 54.8 Å². The zero-order valence-corrected chi connectivity index (χ0v) is 62.5. The molecule has 0 unspecified atom stereocenters. The summed E-state index contributed by atoms with van der Waals surface area (Å²) in [6.45, 7) is 0. The van der Waals surface area contributed by atoms with Crippen molar-refractivity contribution in [1.82, 2.24) is 0 Å². The van der Waals surface area contributed by atoms with Crippen molar-refractivity contribution in [1.29, 1.82) is 0 Å². The molecule has 0 N–H and O–H groups in total. The second-order valence-electron chi connectivity index (χ2n) is 23.0. The molecule has 0 aliphatic heterocycles. The topological polar surface area (TPSA) is 374 Å². The minimum absolute atomic E-state index is 0.0583. The van der Waals surface area contributed by atoms with Gasteiger partial charge in [0.05, 0.1) is 31.6 Å². The predicted molar refractivity (Wildman–Crippen MR) is 400 cm³/mol. The Balaban J connectivity index is 0.000000138. The van der Waals surface area contributed by atoms with Crippen molar-refractivity contribution in [3.63, 3.8) is 0 Å². The van der Waals surface area contributed by atoms with E-state index in [0.29, 0.717) is 26.6 Å². The first kappa shape index (κ1) is 80.8. The van der Waals surface area contributed by atoms with Gasteiger partial charge in [0.1, 0.15) is 61.8 Å². The van der Waals surface area contributed by atoms with E-state index in [9.17, 15) is 93.7 Å². The molecule has 112 heavy (non-hydrogen) atoms. The van der Waals surface area contributed by atoms with E-state index >= 15 is 0 Å². The van der Waals surface area contributed by atoms with E-state index < -0.39 is 135 Å². The number of nitro benzene ring substituents is 1. The molecular weight excluding hydrogens is 1640 g/mol. The van der Waals surface area contributed by atoms with Gasteiger partial charge in [0.2, 0.25) is 49.2 Å². The van der Waals surface area contributed by atoms with Crippen molar-refractivity contribution >= 4 is 145 Å². The van der Waals surface area contributed by atoms with Crippen LogP contribution in [0, 0.1) is 33.4 Å². The van der Waals surface area contributed by atoms with Gasteiger partial charge in [0.15, 0.2) is 24.5 Å². The number of hydrogen-bond acceptors (Lipinski definition) is 23. The number of ether oxygens (including phenoxy) is 1. The molecule has 0 atom stereocenters. The molecular formula is C76H44Cl3F4NO23S5. The number of benzene rings is 10. The highest BCUT2D eigenvalue weighted by atomic mass is 35.5. The molecule has 0 saturated heterocycles. The van der Waals surface area contributed by atoms with Crippen molar-refractivity contribution in [3.8, 4) is 5.75 Å². The molecule has 5 heterocycles. The van der Waals surface area contributed by atoms with Crippen LogP contribution in [0.3, 0.4) is 0 Å². The maximum absolute atomic E-state index is 13.7. The number of rotatable bonds is 12. The number of nitro groups is 1. The van der Waals surface area contributed by atoms with E-state index in [0.717, 1.165) is 91.0 Å². The summed E-state index contributed by atoms with van der Waals surface area (Å²) < 4.78 is 208. The Labute approximate surface area is 642 Å². The average molecular weight is 1680 g/mol. The van der Waals surface area contributed by atoms with Gasteiger partial charge in [-0.1, -0.05) is 71.2 Å². The van der Waals surface area contributed by atoms with Crippen LogP contribution in [-0.2, 0) is 49.2 Å². The number of non-ortho nitro benzene ring substituents is 1. The number of nitrogens with zero attached hydrogens (tertiary/aromatic N) is 1. The first-order valence-electron chi connectivity index (χ1n) is 31.3. The lowest BCUT2D eigenvalue weighted by Crippen LogP contribution is -2.15. The van der Waals surface area contributed by atoms with Crippen LogP contribution in [0.1, 0.15) is 0 Å². The van der Waals surface area contributed by atoms with Crippen molar-refractivity contribution in [2.45, 2.75) is 49.0 Å². The van der Waals surface area contributed by atoms with E-state index in [4.69, 9.17) is 61.6 Å². The third-order valence-corrected chi connectivity index (χ3v) is 25.3. The summed E-state index contributed by atoms with van der Waals surface area (Å²) >= 11 is 17.4. The summed E-state index contributed by atoms with van der Waals surface area (Å²) in [5, 5.41) is 13.1. The first-order chi connectivity index (χ1) is 52.9. The Morgan fingerprint density at radius 2 is 0.652 bits per heavy atom. The summed E-state index contributed by atoms with van der Waals surface area (Å²) in [4.78, 5) is 66.2. The van der Waals surface area contributed by atoms with Gasteiger partial charge in [-0.3, -0.25) is 10.1 Å². The summed E-state index contributed by atoms with van der Waals surface area (Å²) in [6, 6.07) is 52.6. The minimum Gasteiger partial charge on any atom is -0.497 e. The molecule has 24 nitrogen and oxygen atoms in total. The van der Waals surface area contributed by atoms with E-state index in [1.165, 1.54) is 135 Å². The van der Waals surface area contributed by atoms with Crippen molar-refractivity contribution in [2.24, 2.45) is 0 Å². The van der Waals surface area contributed by atoms with Gasteiger partial charge in [0, 0.05) is 54.1 Å². The minimum atomic E-state index is -4.33. The molecule has 0 aliphatic carbocycles. The third-order valence-electron chi connectivity index (χ3n) is 15.8. The van der Waals surface area contributed by atoms with E-state index in [-0.39, 0.29) is 74.4 Å². The lowest BCUT2D eigenvalue weighted by molar-refractivity contribution is -0.384. The largest absolute Gasteiger partial charge is 0.497 e. The van der Waals surface area contributed by atoms with Crippen LogP contribution in [0.4, 0.5) is 23.2 Å². The smallest absolute Gasteiger partial charge is 0.355 e. The Hall–Kier alpha value is -12.2. The third kappa shape index (κ3) is 17.7. The monoisotopic (exact) mass is 1680 g/mol. The summed E-state index contributed by atoms with van der Waals surface area (Å²) in [5.41, 5.74) is -4.57. The van der Waals surface area contributed by atoms with Crippen LogP contribution >= 0.6 is 34.8 Å². The SMILES string of the molecule is COc1ccc2oc(=O)c(S(=O)(=O)c3cccc(Cl)c3)cc2c1.O=c1oc2ccc(Cl)cc2cc1S(=O)(=O)c1ccccc1F.O=c1oc2ccc(F)cc2cc1S(=O)(=O)c1ccc(Cl)cc1.O=c1oc2ccc(F)cc2cc1S(=O)(=O)c1ccc(F)cc1.O=c1oc2ccc([N+](=O)[O-])cc2cc1S(=O)(=O)c1ccccc1. The molecule has 15 rings (SSSR count). The molecule has 570 valence electrons. The molecule has 0 radical (unpaired) electrons. The van der Waals surface area contributed by atoms with Crippen LogP contribution in [0.2, 0.25) is 15.1 Å². The second kappa shape index (κ2) is 32.8. The van der Waals surface area contributed by atoms with Gasteiger partial charge in [0.25, 0.3) is 5.69 Å². The predicted octanol–water partition coefficient (Wildman–Crippen LogP) is 15.6. The van der Waals surface area contributed by atoms with E-state index in [1.54, 1.807) is 30.3 Å². The van der Waals surface area contributed by atoms with E-state index in [1.807, 2.05) is 0 Å². The molecule has 10 aromatic carbocycles. The fourth-order valence-corrected chi connectivity index (χ4v) is 17.5. The standard InChI is InChI=1S/C16H11ClO5S.2C15H8ClFO4S.C15H8F2O4S.C15H9NO6S/c1-21-12-5-6-14-10(7-12)8-15(16(18)22-14)23(19,20)13-4-2-3-11(17)9-13;16-10-1-4-12(5-2-10)22(19,20)14-8-9-7-11(17)3-6-13(9)21-15(14)18;16-10-5-6-12-9(7-10)8-14(15(18)21-12)22(19,20)13-4-2-1-3-11(13)17;16-10-1-4-12(5-2-10)22(19,20)14-8-9-7-11(17)3-6-13(9)21-15(14)18;17-15-14(23(20,21)12-4-2-1-3-5-12)9-10-8-11(16(18)19)6-7-13(10)22-15/h2-9H,1H3;3*1-8H;1-9H. The highest BCUT2D eigenvalue weighted by Crippen LogP contribution is 2.31. The zero-order valence-electron chi connectivity index (χ0n) is 56.2. The maximum Gasteiger partial charge on any atom is 0.355 e. The van der Waals surface area contributed by atoms with Crippen LogP contribution in [0.15, 0.2) is 344 Å². The Kier molecular flexibility index (Phi) is 23.6. The number of hydrogen-bond donors (Lipinski definition) is 0. The van der Waals surface area contributed by atoms with Gasteiger partial charge < -0.3 is 26.8 Å². The molecule has 0 bridgehead atoms. The van der Waals surface area contributed by atoms with Crippen molar-refractivity contribution in [3.05, 3.63) is 349 Å². The number of methoxy groups -OCH3 is 1. The summed E-state index contributed by atoms with van der Waals surface area (Å²) in [5.74, 6) is -2.17. The molecule has 15 aromatic rings.